The van der Waals surface area contributed by atoms with Gasteiger partial charge in [-0.2, -0.15) is 0 Å². The van der Waals surface area contributed by atoms with E-state index in [-0.39, 0.29) is 24.0 Å². The molecular weight excluding hydrogens is 525 g/mol. The molecule has 0 atom stereocenters. The van der Waals surface area contributed by atoms with E-state index < -0.39 is 0 Å². The van der Waals surface area contributed by atoms with Crippen molar-refractivity contribution < 1.29 is 4.42 Å². The molecule has 3 aromatic heterocycles. The monoisotopic (exact) mass is 551 g/mol. The lowest BCUT2D eigenvalue weighted by Gasteiger charge is -2.11. The second-order valence-corrected chi connectivity index (χ2v) is 7.70. The Kier molecular flexibility index (Phi) is 8.41. The molecule has 164 valence electrons. The summed E-state index contributed by atoms with van der Waals surface area (Å²) in [5, 5.41) is 15.6. The Hall–Kier alpha value is -2.47. The number of para-hydroxylation sites is 1. The predicted octanol–water partition coefficient (Wildman–Crippen LogP) is 4.08. The van der Waals surface area contributed by atoms with Gasteiger partial charge in [-0.3, -0.25) is 0 Å². The first kappa shape index (κ1) is 23.2. The summed E-state index contributed by atoms with van der Waals surface area (Å²) < 4.78 is 9.19. The lowest BCUT2D eigenvalue weighted by molar-refractivity contribution is 0.524. The van der Waals surface area contributed by atoms with Gasteiger partial charge in [0.25, 0.3) is 0 Å². The number of halogens is 1. The third-order valence-electron chi connectivity index (χ3n) is 4.56. The zero-order valence-corrected chi connectivity index (χ0v) is 20.7. The summed E-state index contributed by atoms with van der Waals surface area (Å²) in [6.07, 6.45) is 2.63. The van der Waals surface area contributed by atoms with Crippen LogP contribution in [0.1, 0.15) is 25.4 Å². The minimum atomic E-state index is 0. The molecule has 8 nitrogen and oxygen atoms in total. The van der Waals surface area contributed by atoms with Gasteiger partial charge in [0.15, 0.2) is 16.7 Å². The molecule has 0 aliphatic heterocycles. The quantitative estimate of drug-likeness (QED) is 0.195. The van der Waals surface area contributed by atoms with Gasteiger partial charge in [-0.1, -0.05) is 19.1 Å². The zero-order chi connectivity index (χ0) is 20.8. The van der Waals surface area contributed by atoms with Crippen molar-refractivity contribution in [3.63, 3.8) is 0 Å². The van der Waals surface area contributed by atoms with Gasteiger partial charge < -0.3 is 19.6 Å². The van der Waals surface area contributed by atoms with Crippen LogP contribution in [0.2, 0.25) is 0 Å². The SMILES string of the molecule is CCNC(=NCc1ccc(-c2nc3ccccc3s2)o1)NCCn1cnnc1CC.I. The normalized spacial score (nSPS) is 11.5. The molecule has 0 bridgehead atoms. The van der Waals surface area contributed by atoms with Gasteiger partial charge in [0.05, 0.1) is 10.2 Å². The zero-order valence-electron chi connectivity index (χ0n) is 17.5. The van der Waals surface area contributed by atoms with Gasteiger partial charge in [-0.05, 0) is 31.2 Å². The second kappa shape index (κ2) is 11.2. The molecule has 31 heavy (non-hydrogen) atoms. The first-order chi connectivity index (χ1) is 14.8. The van der Waals surface area contributed by atoms with Crippen LogP contribution in [0.5, 0.6) is 0 Å². The molecule has 0 aliphatic rings. The molecule has 10 heteroatoms. The number of hydrogen-bond acceptors (Lipinski definition) is 6. The van der Waals surface area contributed by atoms with Crippen molar-refractivity contribution in [2.75, 3.05) is 13.1 Å². The number of furan rings is 1. The molecule has 2 N–H and O–H groups in total. The van der Waals surface area contributed by atoms with Crippen molar-refractivity contribution in [3.8, 4) is 10.8 Å². The number of benzene rings is 1. The predicted molar refractivity (Wildman–Crippen MR) is 135 cm³/mol. The highest BCUT2D eigenvalue weighted by molar-refractivity contribution is 14.0. The van der Waals surface area contributed by atoms with Crippen molar-refractivity contribution in [3.05, 3.63) is 54.3 Å². The van der Waals surface area contributed by atoms with Crippen molar-refractivity contribution in [2.24, 2.45) is 4.99 Å². The van der Waals surface area contributed by atoms with Crippen molar-refractivity contribution in [2.45, 2.75) is 33.4 Å². The maximum Gasteiger partial charge on any atom is 0.191 e. The summed E-state index contributed by atoms with van der Waals surface area (Å²) in [7, 11) is 0. The Labute approximate surface area is 202 Å². The molecule has 0 fully saturated rings. The Morgan fingerprint density at radius 1 is 1.16 bits per heavy atom. The van der Waals surface area contributed by atoms with E-state index in [9.17, 15) is 0 Å². The van der Waals surface area contributed by atoms with E-state index >= 15 is 0 Å². The topological polar surface area (TPSA) is 93.2 Å². The Morgan fingerprint density at radius 3 is 2.84 bits per heavy atom. The maximum absolute atomic E-state index is 5.99. The fraction of sp³-hybridized carbons (Fsp3) is 0.333. The number of rotatable bonds is 8. The fourth-order valence-corrected chi connectivity index (χ4v) is 4.02. The molecule has 4 rings (SSSR count). The highest BCUT2D eigenvalue weighted by Crippen LogP contribution is 2.31. The van der Waals surface area contributed by atoms with E-state index in [2.05, 4.69) is 43.8 Å². The lowest BCUT2D eigenvalue weighted by atomic mass is 10.3. The van der Waals surface area contributed by atoms with Crippen molar-refractivity contribution in [1.29, 1.82) is 0 Å². The molecule has 0 saturated heterocycles. The summed E-state index contributed by atoms with van der Waals surface area (Å²) >= 11 is 1.63. The number of nitrogens with zero attached hydrogens (tertiary/aromatic N) is 5. The number of aliphatic imine (C=N–C) groups is 1. The average Bonchev–Trinajstić information content (AvgIpc) is 3.50. The fourth-order valence-electron chi connectivity index (χ4n) is 3.09. The third kappa shape index (κ3) is 5.82. The number of aryl methyl sites for hydroxylation is 1. The highest BCUT2D eigenvalue weighted by atomic mass is 127. The number of fused-ring (bicyclic) bond motifs is 1. The summed E-state index contributed by atoms with van der Waals surface area (Å²) in [6.45, 7) is 6.87. The first-order valence-corrected chi connectivity index (χ1v) is 10.9. The average molecular weight is 551 g/mol. The molecule has 0 saturated carbocycles. The van der Waals surface area contributed by atoms with Gasteiger partial charge in [0.2, 0.25) is 0 Å². The van der Waals surface area contributed by atoms with E-state index in [0.717, 1.165) is 64.6 Å². The third-order valence-corrected chi connectivity index (χ3v) is 5.61. The number of nitrogens with one attached hydrogen (secondary N) is 2. The molecule has 0 spiro atoms. The van der Waals surface area contributed by atoms with E-state index in [1.807, 2.05) is 41.8 Å². The Bertz CT molecular complexity index is 1100. The molecule has 0 amide bonds. The molecule has 1 aromatic carbocycles. The van der Waals surface area contributed by atoms with Crippen LogP contribution in [0.25, 0.3) is 21.0 Å². The van der Waals surface area contributed by atoms with Crippen LogP contribution in [0.4, 0.5) is 0 Å². The maximum atomic E-state index is 5.99. The van der Waals surface area contributed by atoms with E-state index in [1.54, 1.807) is 17.7 Å². The summed E-state index contributed by atoms with van der Waals surface area (Å²) in [5.74, 6) is 3.31. The lowest BCUT2D eigenvalue weighted by Crippen LogP contribution is -2.38. The largest absolute Gasteiger partial charge is 0.457 e. The molecule has 3 heterocycles. The van der Waals surface area contributed by atoms with E-state index in [0.29, 0.717) is 6.54 Å². The van der Waals surface area contributed by atoms with Crippen LogP contribution in [0.3, 0.4) is 0 Å². The Balaban J connectivity index is 0.00000272. The first-order valence-electron chi connectivity index (χ1n) is 10.1. The molecular formula is C21H26IN7OS. The van der Waals surface area contributed by atoms with Crippen LogP contribution < -0.4 is 10.6 Å². The molecule has 0 unspecified atom stereocenters. The minimum absolute atomic E-state index is 0. The van der Waals surface area contributed by atoms with E-state index in [1.165, 1.54) is 0 Å². The summed E-state index contributed by atoms with van der Waals surface area (Å²) in [5.41, 5.74) is 0.992. The second-order valence-electron chi connectivity index (χ2n) is 6.67. The van der Waals surface area contributed by atoms with Crippen molar-refractivity contribution >= 4 is 51.5 Å². The van der Waals surface area contributed by atoms with E-state index in [4.69, 9.17) is 4.42 Å². The smallest absolute Gasteiger partial charge is 0.191 e. The summed E-state index contributed by atoms with van der Waals surface area (Å²) in [4.78, 5) is 9.29. The standard InChI is InChI=1S/C21H25N7OS.HI/c1-3-19-27-25-14-28(19)12-11-23-21(22-4-2)24-13-15-9-10-17(29-15)20-26-16-7-5-6-8-18(16)30-20;/h5-10,14H,3-4,11-13H2,1-2H3,(H2,22,23,24);1H. The number of hydrogen-bond donors (Lipinski definition) is 2. The highest BCUT2D eigenvalue weighted by Gasteiger charge is 2.10. The minimum Gasteiger partial charge on any atom is -0.457 e. The molecule has 0 radical (unpaired) electrons. The molecule has 4 aromatic rings. The van der Waals surface area contributed by atoms with Crippen LogP contribution in [0.15, 0.2) is 52.1 Å². The number of aromatic nitrogens is 4. The van der Waals surface area contributed by atoms with Gasteiger partial charge in [-0.15, -0.1) is 45.5 Å². The van der Waals surface area contributed by atoms with Crippen LogP contribution in [0, 0.1) is 0 Å². The van der Waals surface area contributed by atoms with Gasteiger partial charge in [0.1, 0.15) is 24.5 Å². The van der Waals surface area contributed by atoms with Gasteiger partial charge in [0, 0.05) is 26.1 Å². The van der Waals surface area contributed by atoms with Crippen molar-refractivity contribution in [1.82, 2.24) is 30.4 Å². The number of guanidine groups is 1. The van der Waals surface area contributed by atoms with Gasteiger partial charge in [-0.25, -0.2) is 9.98 Å². The summed E-state index contributed by atoms with van der Waals surface area (Å²) in [6, 6.07) is 12.0. The molecule has 0 aliphatic carbocycles. The number of thiazole rings is 1. The Morgan fingerprint density at radius 2 is 2.03 bits per heavy atom. The van der Waals surface area contributed by atoms with Crippen LogP contribution in [-0.4, -0.2) is 38.8 Å². The van der Waals surface area contributed by atoms with Gasteiger partial charge >= 0.3 is 0 Å². The van der Waals surface area contributed by atoms with Crippen LogP contribution in [-0.2, 0) is 19.5 Å². The van der Waals surface area contributed by atoms with Crippen LogP contribution >= 0.6 is 35.3 Å².